The molecule has 1 rings (SSSR count). The van der Waals surface area contributed by atoms with Crippen LogP contribution in [0.15, 0.2) is 23.8 Å². The fourth-order valence-corrected chi connectivity index (χ4v) is 0.995. The van der Waals surface area contributed by atoms with E-state index >= 15 is 0 Å². The Balaban J connectivity index is 0.000000561. The molecule has 0 fully saturated rings. The minimum atomic E-state index is 0.228. The van der Waals surface area contributed by atoms with Gasteiger partial charge in [-0.05, 0) is 12.0 Å². The fourth-order valence-electron chi connectivity index (χ4n) is 0.995. The number of carbonyl (C=O) groups excluding carboxylic acids is 1. The van der Waals surface area contributed by atoms with Crippen LogP contribution < -0.4 is 0 Å². The second-order valence-electron chi connectivity index (χ2n) is 2.90. The number of carbonyl (C=O) groups is 1. The third-order valence-corrected chi connectivity index (χ3v) is 1.71. The summed E-state index contributed by atoms with van der Waals surface area (Å²) in [7, 11) is 0. The first-order chi connectivity index (χ1) is 5.70. The average molecular weight is 166 g/mol. The maximum absolute atomic E-state index is 10.9. The second kappa shape index (κ2) is 5.76. The Morgan fingerprint density at radius 3 is 2.25 bits per heavy atom. The van der Waals surface area contributed by atoms with Gasteiger partial charge in [0.05, 0.1) is 0 Å². The van der Waals surface area contributed by atoms with Gasteiger partial charge >= 0.3 is 0 Å². The standard InChI is InChI=1S/C9H12O.C2H6/c1-7(2)8-4-3-5-9(10)6-8;1-2/h3-5,7H,6H2,1-2H3;1-2H3. The van der Waals surface area contributed by atoms with Crippen LogP contribution in [0.5, 0.6) is 0 Å². The topological polar surface area (TPSA) is 17.1 Å². The molecule has 0 N–H and O–H groups in total. The first-order valence-corrected chi connectivity index (χ1v) is 4.60. The second-order valence-corrected chi connectivity index (χ2v) is 2.90. The van der Waals surface area contributed by atoms with Crippen molar-refractivity contribution >= 4 is 5.78 Å². The first kappa shape index (κ1) is 11.2. The van der Waals surface area contributed by atoms with Gasteiger partial charge in [-0.2, -0.15) is 0 Å². The SMILES string of the molecule is CC.CC(C)C1=CC=CC(=O)C1. The molecule has 0 amide bonds. The number of hydrogen-bond donors (Lipinski definition) is 0. The van der Waals surface area contributed by atoms with Crippen LogP contribution >= 0.6 is 0 Å². The van der Waals surface area contributed by atoms with Crippen LogP contribution in [0.25, 0.3) is 0 Å². The lowest BCUT2D eigenvalue weighted by Crippen LogP contribution is -2.04. The minimum absolute atomic E-state index is 0.228. The van der Waals surface area contributed by atoms with Crippen LogP contribution in [0.3, 0.4) is 0 Å². The Kier molecular flexibility index (Phi) is 5.35. The van der Waals surface area contributed by atoms with Crippen molar-refractivity contribution in [1.29, 1.82) is 0 Å². The van der Waals surface area contributed by atoms with E-state index in [2.05, 4.69) is 13.8 Å². The zero-order valence-electron chi connectivity index (χ0n) is 8.42. The zero-order valence-corrected chi connectivity index (χ0v) is 8.42. The van der Waals surface area contributed by atoms with Gasteiger partial charge in [0.2, 0.25) is 0 Å². The monoisotopic (exact) mass is 166 g/mol. The van der Waals surface area contributed by atoms with Crippen LogP contribution in [-0.2, 0) is 4.79 Å². The zero-order chi connectivity index (χ0) is 9.56. The summed E-state index contributed by atoms with van der Waals surface area (Å²) >= 11 is 0. The summed E-state index contributed by atoms with van der Waals surface area (Å²) in [6, 6.07) is 0. The molecule has 68 valence electrons. The van der Waals surface area contributed by atoms with E-state index in [0.29, 0.717) is 12.3 Å². The molecule has 0 saturated heterocycles. The van der Waals surface area contributed by atoms with Crippen LogP contribution in [0.2, 0.25) is 0 Å². The number of rotatable bonds is 1. The molecule has 0 heterocycles. The quantitative estimate of drug-likeness (QED) is 0.585. The molecule has 1 nitrogen and oxygen atoms in total. The van der Waals surface area contributed by atoms with E-state index in [1.54, 1.807) is 6.08 Å². The third kappa shape index (κ3) is 3.51. The summed E-state index contributed by atoms with van der Waals surface area (Å²) < 4.78 is 0. The smallest absolute Gasteiger partial charge is 0.159 e. The van der Waals surface area contributed by atoms with Crippen LogP contribution in [0.4, 0.5) is 0 Å². The van der Waals surface area contributed by atoms with Gasteiger partial charge in [0.25, 0.3) is 0 Å². The molecular formula is C11H18O. The molecule has 0 aromatic heterocycles. The van der Waals surface area contributed by atoms with E-state index in [4.69, 9.17) is 0 Å². The summed E-state index contributed by atoms with van der Waals surface area (Å²) in [6.07, 6.45) is 6.12. The average Bonchev–Trinajstić information content (AvgIpc) is 2.08. The minimum Gasteiger partial charge on any atom is -0.294 e. The maximum atomic E-state index is 10.9. The highest BCUT2D eigenvalue weighted by Gasteiger charge is 2.08. The van der Waals surface area contributed by atoms with Gasteiger partial charge in [-0.3, -0.25) is 4.79 Å². The Morgan fingerprint density at radius 2 is 1.92 bits per heavy atom. The summed E-state index contributed by atoms with van der Waals surface area (Å²) in [5.74, 6) is 0.736. The van der Waals surface area contributed by atoms with Crippen LogP contribution in [0, 0.1) is 5.92 Å². The molecule has 0 unspecified atom stereocenters. The van der Waals surface area contributed by atoms with E-state index in [9.17, 15) is 4.79 Å². The highest BCUT2D eigenvalue weighted by molar-refractivity contribution is 5.93. The normalized spacial score (nSPS) is 15.4. The molecule has 0 aliphatic heterocycles. The van der Waals surface area contributed by atoms with E-state index < -0.39 is 0 Å². The predicted octanol–water partition coefficient (Wildman–Crippen LogP) is 3.12. The fraction of sp³-hybridized carbons (Fsp3) is 0.545. The van der Waals surface area contributed by atoms with E-state index in [0.717, 1.165) is 0 Å². The number of hydrogen-bond acceptors (Lipinski definition) is 1. The van der Waals surface area contributed by atoms with Gasteiger partial charge in [-0.25, -0.2) is 0 Å². The molecule has 12 heavy (non-hydrogen) atoms. The molecule has 0 saturated carbocycles. The Morgan fingerprint density at radius 1 is 1.33 bits per heavy atom. The lowest BCUT2D eigenvalue weighted by Gasteiger charge is -2.10. The van der Waals surface area contributed by atoms with Gasteiger partial charge < -0.3 is 0 Å². The Hall–Kier alpha value is -0.850. The molecule has 0 aromatic carbocycles. The molecule has 1 aliphatic rings. The highest BCUT2D eigenvalue weighted by atomic mass is 16.1. The molecule has 0 radical (unpaired) electrons. The van der Waals surface area contributed by atoms with Gasteiger partial charge in [0.15, 0.2) is 5.78 Å². The van der Waals surface area contributed by atoms with Crippen molar-refractivity contribution in [2.24, 2.45) is 5.92 Å². The summed E-state index contributed by atoms with van der Waals surface area (Å²) in [5.41, 5.74) is 1.24. The van der Waals surface area contributed by atoms with Crippen LogP contribution in [-0.4, -0.2) is 5.78 Å². The van der Waals surface area contributed by atoms with E-state index in [1.165, 1.54) is 5.57 Å². The van der Waals surface area contributed by atoms with Gasteiger partial charge in [-0.1, -0.05) is 45.4 Å². The lowest BCUT2D eigenvalue weighted by atomic mass is 9.94. The van der Waals surface area contributed by atoms with E-state index in [-0.39, 0.29) is 5.78 Å². The van der Waals surface area contributed by atoms with Crippen molar-refractivity contribution in [3.05, 3.63) is 23.8 Å². The predicted molar refractivity (Wildman–Crippen MR) is 53.0 cm³/mol. The largest absolute Gasteiger partial charge is 0.294 e. The van der Waals surface area contributed by atoms with E-state index in [1.807, 2.05) is 26.0 Å². The van der Waals surface area contributed by atoms with Crippen molar-refractivity contribution in [1.82, 2.24) is 0 Å². The highest BCUT2D eigenvalue weighted by Crippen LogP contribution is 2.17. The van der Waals surface area contributed by atoms with Crippen molar-refractivity contribution < 1.29 is 4.79 Å². The van der Waals surface area contributed by atoms with Crippen LogP contribution in [0.1, 0.15) is 34.1 Å². The number of ketones is 1. The summed E-state index contributed by atoms with van der Waals surface area (Å²) in [6.45, 7) is 8.22. The first-order valence-electron chi connectivity index (χ1n) is 4.60. The number of allylic oxidation sites excluding steroid dienone is 4. The molecule has 0 bridgehead atoms. The summed E-state index contributed by atoms with van der Waals surface area (Å²) in [5, 5.41) is 0. The van der Waals surface area contributed by atoms with Crippen molar-refractivity contribution in [3.63, 3.8) is 0 Å². The molecule has 1 heteroatoms. The van der Waals surface area contributed by atoms with Crippen molar-refractivity contribution in [2.45, 2.75) is 34.1 Å². The van der Waals surface area contributed by atoms with Gasteiger partial charge in [0.1, 0.15) is 0 Å². The maximum Gasteiger partial charge on any atom is 0.159 e. The lowest BCUT2D eigenvalue weighted by molar-refractivity contribution is -0.114. The third-order valence-electron chi connectivity index (χ3n) is 1.71. The molecule has 0 spiro atoms. The van der Waals surface area contributed by atoms with Gasteiger partial charge in [-0.15, -0.1) is 0 Å². The molecular weight excluding hydrogens is 148 g/mol. The van der Waals surface area contributed by atoms with Gasteiger partial charge in [0, 0.05) is 6.42 Å². The Labute approximate surface area is 75.2 Å². The van der Waals surface area contributed by atoms with Crippen molar-refractivity contribution in [3.8, 4) is 0 Å². The molecule has 0 aromatic rings. The summed E-state index contributed by atoms with van der Waals surface area (Å²) in [4.78, 5) is 10.9. The molecule has 0 atom stereocenters. The van der Waals surface area contributed by atoms with Crippen molar-refractivity contribution in [2.75, 3.05) is 0 Å². The Bertz CT molecular complexity index is 197. The molecule has 1 aliphatic carbocycles.